The maximum absolute atomic E-state index is 12.3. The summed E-state index contributed by atoms with van der Waals surface area (Å²) < 4.78 is 7.07. The number of nitrogens with one attached hydrogen (secondary N) is 1. The second kappa shape index (κ2) is 8.81. The largest absolute Gasteiger partial charge is 0.497 e. The summed E-state index contributed by atoms with van der Waals surface area (Å²) in [5, 5.41) is 12.4. The van der Waals surface area contributed by atoms with Gasteiger partial charge in [0.2, 0.25) is 5.91 Å². The van der Waals surface area contributed by atoms with E-state index >= 15 is 0 Å². The molecular weight excluding hydrogens is 421 g/mol. The smallest absolute Gasteiger partial charge is 0.236 e. The maximum Gasteiger partial charge on any atom is 0.236 e. The molecule has 28 heavy (non-hydrogen) atoms. The van der Waals surface area contributed by atoms with Crippen molar-refractivity contribution in [3.8, 4) is 17.1 Å². The molecule has 0 aliphatic heterocycles. The van der Waals surface area contributed by atoms with Crippen molar-refractivity contribution in [1.29, 1.82) is 0 Å². The van der Waals surface area contributed by atoms with Gasteiger partial charge in [0.25, 0.3) is 0 Å². The number of anilines is 1. The van der Waals surface area contributed by atoms with Crippen LogP contribution >= 0.6 is 35.0 Å². The van der Waals surface area contributed by atoms with Gasteiger partial charge in [0.15, 0.2) is 16.8 Å². The standard InChI is InChI=1S/C18H17Cl2N5O2S/c1-10-13(19)8-14(20)16(21-10)22-15(26)9-28-18-24-23-17(25(18)2)11-5-4-6-12(7-11)27-3/h4-8H,9H2,1-3H3,(H,21,22,26). The molecule has 1 amide bonds. The van der Waals surface area contributed by atoms with Crippen molar-refractivity contribution in [2.24, 2.45) is 7.05 Å². The fourth-order valence-corrected chi connectivity index (χ4v) is 3.52. The average Bonchev–Trinajstić information content (AvgIpc) is 3.05. The molecule has 3 aromatic rings. The highest BCUT2D eigenvalue weighted by molar-refractivity contribution is 7.99. The van der Waals surface area contributed by atoms with Gasteiger partial charge in [-0.1, -0.05) is 47.1 Å². The van der Waals surface area contributed by atoms with Crippen LogP contribution in [0.4, 0.5) is 5.82 Å². The quantitative estimate of drug-likeness (QED) is 0.580. The van der Waals surface area contributed by atoms with E-state index in [0.29, 0.717) is 21.7 Å². The summed E-state index contributed by atoms with van der Waals surface area (Å²) in [6, 6.07) is 9.09. The van der Waals surface area contributed by atoms with Crippen LogP contribution in [-0.4, -0.2) is 38.5 Å². The van der Waals surface area contributed by atoms with E-state index < -0.39 is 0 Å². The maximum atomic E-state index is 12.3. The van der Waals surface area contributed by atoms with Crippen LogP contribution in [0.25, 0.3) is 11.4 Å². The van der Waals surface area contributed by atoms with Gasteiger partial charge in [0.05, 0.1) is 28.6 Å². The van der Waals surface area contributed by atoms with E-state index in [1.165, 1.54) is 11.8 Å². The van der Waals surface area contributed by atoms with E-state index in [-0.39, 0.29) is 22.5 Å². The highest BCUT2D eigenvalue weighted by Gasteiger charge is 2.15. The number of pyridine rings is 1. The Bertz CT molecular complexity index is 1030. The number of aryl methyl sites for hydroxylation is 1. The van der Waals surface area contributed by atoms with E-state index in [4.69, 9.17) is 27.9 Å². The normalized spacial score (nSPS) is 10.8. The number of rotatable bonds is 6. The number of carbonyl (C=O) groups is 1. The molecule has 0 aliphatic carbocycles. The van der Waals surface area contributed by atoms with Crippen molar-refractivity contribution in [3.05, 3.63) is 46.1 Å². The monoisotopic (exact) mass is 437 g/mol. The van der Waals surface area contributed by atoms with Crippen LogP contribution in [0.3, 0.4) is 0 Å². The summed E-state index contributed by atoms with van der Waals surface area (Å²) >= 11 is 13.3. The Kier molecular flexibility index (Phi) is 6.43. The number of aromatic nitrogens is 4. The van der Waals surface area contributed by atoms with Crippen LogP contribution in [0.2, 0.25) is 10.0 Å². The number of carbonyl (C=O) groups excluding carboxylic acids is 1. The van der Waals surface area contributed by atoms with Gasteiger partial charge >= 0.3 is 0 Å². The van der Waals surface area contributed by atoms with Crippen molar-refractivity contribution in [3.63, 3.8) is 0 Å². The van der Waals surface area contributed by atoms with Crippen LogP contribution in [0.1, 0.15) is 5.69 Å². The highest BCUT2D eigenvalue weighted by atomic mass is 35.5. The Morgan fingerprint density at radius 3 is 2.79 bits per heavy atom. The number of hydrogen-bond acceptors (Lipinski definition) is 6. The Labute approximate surface area is 176 Å². The second-order valence-corrected chi connectivity index (χ2v) is 7.58. The fraction of sp³-hybridized carbons (Fsp3) is 0.222. The lowest BCUT2D eigenvalue weighted by atomic mass is 10.2. The van der Waals surface area contributed by atoms with E-state index in [1.807, 2.05) is 35.9 Å². The molecule has 0 radical (unpaired) electrons. The number of hydrogen-bond donors (Lipinski definition) is 1. The summed E-state index contributed by atoms with van der Waals surface area (Å²) in [5.41, 5.74) is 1.46. The molecule has 0 atom stereocenters. The van der Waals surface area contributed by atoms with Gasteiger partial charge in [0, 0.05) is 12.6 Å². The average molecular weight is 438 g/mol. The van der Waals surface area contributed by atoms with Crippen molar-refractivity contribution in [2.75, 3.05) is 18.2 Å². The van der Waals surface area contributed by atoms with Crippen LogP contribution < -0.4 is 10.1 Å². The van der Waals surface area contributed by atoms with E-state index in [9.17, 15) is 4.79 Å². The molecule has 1 N–H and O–H groups in total. The second-order valence-electron chi connectivity index (χ2n) is 5.82. The lowest BCUT2D eigenvalue weighted by molar-refractivity contribution is -0.113. The predicted molar refractivity (Wildman–Crippen MR) is 111 cm³/mol. The first-order valence-electron chi connectivity index (χ1n) is 8.18. The molecule has 2 heterocycles. The van der Waals surface area contributed by atoms with Gasteiger partial charge in [-0.25, -0.2) is 4.98 Å². The molecule has 1 aromatic carbocycles. The minimum Gasteiger partial charge on any atom is -0.497 e. The Balaban J connectivity index is 1.67. The Morgan fingerprint density at radius 2 is 2.04 bits per heavy atom. The molecule has 10 heteroatoms. The van der Waals surface area contributed by atoms with Gasteiger partial charge in [-0.15, -0.1) is 10.2 Å². The van der Waals surface area contributed by atoms with Crippen molar-refractivity contribution >= 4 is 46.7 Å². The first-order valence-corrected chi connectivity index (χ1v) is 9.92. The minimum absolute atomic E-state index is 0.129. The number of benzene rings is 1. The molecule has 0 aliphatic rings. The lowest BCUT2D eigenvalue weighted by Crippen LogP contribution is -2.16. The van der Waals surface area contributed by atoms with Crippen molar-refractivity contribution < 1.29 is 9.53 Å². The van der Waals surface area contributed by atoms with Crippen LogP contribution in [-0.2, 0) is 11.8 Å². The third-order valence-corrected chi connectivity index (χ3v) is 5.55. The third-order valence-electron chi connectivity index (χ3n) is 3.86. The number of methoxy groups -OCH3 is 1. The molecule has 7 nitrogen and oxygen atoms in total. The number of thioether (sulfide) groups is 1. The van der Waals surface area contributed by atoms with Gasteiger partial charge in [0.1, 0.15) is 5.75 Å². The zero-order chi connectivity index (χ0) is 20.3. The molecule has 0 fully saturated rings. The zero-order valence-corrected chi connectivity index (χ0v) is 17.7. The summed E-state index contributed by atoms with van der Waals surface area (Å²) in [6.07, 6.45) is 0. The molecular formula is C18H17Cl2N5O2S. The Hall–Kier alpha value is -2.29. The van der Waals surface area contributed by atoms with Gasteiger partial charge in [-0.2, -0.15) is 0 Å². The molecule has 0 saturated heterocycles. The fourth-order valence-electron chi connectivity index (χ4n) is 2.40. The van der Waals surface area contributed by atoms with Crippen LogP contribution in [0.5, 0.6) is 5.75 Å². The summed E-state index contributed by atoms with van der Waals surface area (Å²) in [5.74, 6) is 1.57. The number of halogens is 2. The van der Waals surface area contributed by atoms with Crippen molar-refractivity contribution in [2.45, 2.75) is 12.1 Å². The van der Waals surface area contributed by atoms with E-state index in [0.717, 1.165) is 11.3 Å². The van der Waals surface area contributed by atoms with Gasteiger partial charge in [-0.05, 0) is 25.1 Å². The molecule has 2 aromatic heterocycles. The van der Waals surface area contributed by atoms with Crippen molar-refractivity contribution in [1.82, 2.24) is 19.7 Å². The molecule has 146 valence electrons. The number of ether oxygens (including phenoxy) is 1. The molecule has 0 spiro atoms. The molecule has 3 rings (SSSR count). The SMILES string of the molecule is COc1cccc(-c2nnc(SCC(=O)Nc3nc(C)c(Cl)cc3Cl)n2C)c1. The Morgan fingerprint density at radius 1 is 1.25 bits per heavy atom. The van der Waals surface area contributed by atoms with E-state index in [2.05, 4.69) is 20.5 Å². The summed E-state index contributed by atoms with van der Waals surface area (Å²) in [4.78, 5) is 16.5. The lowest BCUT2D eigenvalue weighted by Gasteiger charge is -2.08. The number of amides is 1. The van der Waals surface area contributed by atoms with Crippen LogP contribution in [0.15, 0.2) is 35.5 Å². The van der Waals surface area contributed by atoms with Gasteiger partial charge in [-0.3, -0.25) is 4.79 Å². The molecule has 0 bridgehead atoms. The summed E-state index contributed by atoms with van der Waals surface area (Å²) in [7, 11) is 3.45. The van der Waals surface area contributed by atoms with Crippen LogP contribution in [0, 0.1) is 6.92 Å². The number of nitrogens with zero attached hydrogens (tertiary/aromatic N) is 4. The first-order chi connectivity index (χ1) is 13.4. The zero-order valence-electron chi connectivity index (χ0n) is 15.4. The highest BCUT2D eigenvalue weighted by Crippen LogP contribution is 2.27. The van der Waals surface area contributed by atoms with Gasteiger partial charge < -0.3 is 14.6 Å². The molecule has 0 saturated carbocycles. The minimum atomic E-state index is -0.257. The first kappa shape index (κ1) is 20.4. The topological polar surface area (TPSA) is 81.9 Å². The summed E-state index contributed by atoms with van der Waals surface area (Å²) in [6.45, 7) is 1.74. The predicted octanol–water partition coefficient (Wildman–Crippen LogP) is 4.23. The third kappa shape index (κ3) is 4.57. The molecule has 0 unspecified atom stereocenters. The van der Waals surface area contributed by atoms with E-state index in [1.54, 1.807) is 20.1 Å².